The van der Waals surface area contributed by atoms with E-state index in [1.165, 1.54) is 16.8 Å². The summed E-state index contributed by atoms with van der Waals surface area (Å²) in [6, 6.07) is 13.0. The lowest BCUT2D eigenvalue weighted by Gasteiger charge is -2.06. The maximum atomic E-state index is 13.5. The summed E-state index contributed by atoms with van der Waals surface area (Å²) in [6.45, 7) is 0. The summed E-state index contributed by atoms with van der Waals surface area (Å²) in [5.74, 6) is -0.805. The van der Waals surface area contributed by atoms with Gasteiger partial charge in [0.15, 0.2) is 0 Å². The Balaban J connectivity index is 1.67. The molecule has 9 heteroatoms. The van der Waals surface area contributed by atoms with Gasteiger partial charge in [0.05, 0.1) is 17.1 Å². The van der Waals surface area contributed by atoms with Gasteiger partial charge in [-0.25, -0.2) is 4.39 Å². The largest absolute Gasteiger partial charge is 0.323 e. The summed E-state index contributed by atoms with van der Waals surface area (Å²) in [4.78, 5) is 12.0. The van der Waals surface area contributed by atoms with E-state index in [4.69, 9.17) is 11.6 Å². The topological polar surface area (TPSA) is 72.7 Å². The molecule has 0 aliphatic carbocycles. The lowest BCUT2D eigenvalue weighted by molar-refractivity contribution is -0.113. The molecule has 1 N–H and O–H groups in total. The average Bonchev–Trinajstić information content (AvgIpc) is 3.04. The van der Waals surface area contributed by atoms with Crippen molar-refractivity contribution in [1.82, 2.24) is 20.2 Å². The number of carbonyl (C=O) groups excluding carboxylic acids is 1. The molecule has 1 heterocycles. The number of rotatable bonds is 5. The smallest absolute Gasteiger partial charge is 0.234 e. The molecular formula is C15H11ClFN5OS. The van der Waals surface area contributed by atoms with Gasteiger partial charge in [-0.2, -0.15) is 4.68 Å². The van der Waals surface area contributed by atoms with Crippen LogP contribution in [0.25, 0.3) is 5.69 Å². The number of benzene rings is 2. The van der Waals surface area contributed by atoms with Crippen LogP contribution in [0.5, 0.6) is 0 Å². The predicted octanol–water partition coefficient (Wildman–Crippen LogP) is 3.19. The Bertz CT molecular complexity index is 872. The van der Waals surface area contributed by atoms with Crippen LogP contribution in [0.2, 0.25) is 5.02 Å². The number of anilines is 1. The number of aromatic nitrogens is 4. The molecule has 1 amide bonds. The van der Waals surface area contributed by atoms with Gasteiger partial charge in [-0.05, 0) is 40.8 Å². The molecule has 0 saturated carbocycles. The minimum atomic E-state index is -0.486. The van der Waals surface area contributed by atoms with Gasteiger partial charge in [0.1, 0.15) is 5.82 Å². The van der Waals surface area contributed by atoms with Gasteiger partial charge in [-0.3, -0.25) is 4.79 Å². The first-order valence-electron chi connectivity index (χ1n) is 6.85. The van der Waals surface area contributed by atoms with E-state index in [0.29, 0.717) is 15.9 Å². The highest BCUT2D eigenvalue weighted by Gasteiger charge is 2.13. The van der Waals surface area contributed by atoms with Crippen LogP contribution in [0.15, 0.2) is 53.7 Å². The van der Waals surface area contributed by atoms with Crippen LogP contribution in [0.1, 0.15) is 0 Å². The Hall–Kier alpha value is -2.45. The number of thioether (sulfide) groups is 1. The number of para-hydroxylation sites is 1. The van der Waals surface area contributed by atoms with E-state index in [1.807, 2.05) is 0 Å². The zero-order valence-electron chi connectivity index (χ0n) is 12.2. The van der Waals surface area contributed by atoms with Gasteiger partial charge >= 0.3 is 0 Å². The monoisotopic (exact) mass is 363 g/mol. The van der Waals surface area contributed by atoms with Crippen molar-refractivity contribution in [2.45, 2.75) is 5.16 Å². The van der Waals surface area contributed by atoms with E-state index in [0.717, 1.165) is 11.8 Å². The van der Waals surface area contributed by atoms with Crippen LogP contribution in [-0.2, 0) is 4.79 Å². The predicted molar refractivity (Wildman–Crippen MR) is 89.9 cm³/mol. The number of tetrazole rings is 1. The second-order valence-corrected chi connectivity index (χ2v) is 6.05. The number of hydrogen-bond donors (Lipinski definition) is 1. The second-order valence-electron chi connectivity index (χ2n) is 4.67. The van der Waals surface area contributed by atoms with Gasteiger partial charge < -0.3 is 5.32 Å². The first kappa shape index (κ1) is 16.4. The Morgan fingerprint density at radius 1 is 1.25 bits per heavy atom. The zero-order chi connectivity index (χ0) is 16.9. The summed E-state index contributed by atoms with van der Waals surface area (Å²) in [7, 11) is 0. The summed E-state index contributed by atoms with van der Waals surface area (Å²) in [5.41, 5.74) is 0.821. The van der Waals surface area contributed by atoms with E-state index in [9.17, 15) is 9.18 Å². The van der Waals surface area contributed by atoms with Gasteiger partial charge in [0, 0.05) is 5.02 Å². The van der Waals surface area contributed by atoms with E-state index in [2.05, 4.69) is 20.8 Å². The second kappa shape index (κ2) is 7.41. The first-order valence-corrected chi connectivity index (χ1v) is 8.21. The van der Waals surface area contributed by atoms with Crippen molar-refractivity contribution in [3.8, 4) is 5.69 Å². The maximum absolute atomic E-state index is 13.5. The molecule has 0 atom stereocenters. The molecular weight excluding hydrogens is 353 g/mol. The molecule has 0 saturated heterocycles. The van der Waals surface area contributed by atoms with Crippen molar-refractivity contribution < 1.29 is 9.18 Å². The molecule has 0 aliphatic heterocycles. The van der Waals surface area contributed by atoms with Gasteiger partial charge in [0.25, 0.3) is 0 Å². The third-order valence-corrected chi connectivity index (χ3v) is 4.13. The third-order valence-electron chi connectivity index (χ3n) is 2.97. The van der Waals surface area contributed by atoms with Crippen molar-refractivity contribution in [2.24, 2.45) is 0 Å². The van der Waals surface area contributed by atoms with Gasteiger partial charge in [0.2, 0.25) is 11.1 Å². The fraction of sp³-hybridized carbons (Fsp3) is 0.0667. The average molecular weight is 364 g/mol. The van der Waals surface area contributed by atoms with Crippen LogP contribution in [0.4, 0.5) is 10.1 Å². The van der Waals surface area contributed by atoms with E-state index in [-0.39, 0.29) is 17.3 Å². The van der Waals surface area contributed by atoms with E-state index < -0.39 is 5.82 Å². The molecule has 3 aromatic rings. The highest BCUT2D eigenvalue weighted by atomic mass is 35.5. The molecule has 0 aliphatic rings. The van der Waals surface area contributed by atoms with E-state index >= 15 is 0 Å². The highest BCUT2D eigenvalue weighted by Crippen LogP contribution is 2.21. The maximum Gasteiger partial charge on any atom is 0.234 e. The first-order chi connectivity index (χ1) is 11.6. The molecule has 0 unspecified atom stereocenters. The summed E-state index contributed by atoms with van der Waals surface area (Å²) < 4.78 is 15.0. The minimum absolute atomic E-state index is 0.0370. The molecule has 1 aromatic heterocycles. The van der Waals surface area contributed by atoms with Crippen LogP contribution < -0.4 is 5.32 Å². The minimum Gasteiger partial charge on any atom is -0.323 e. The number of nitrogens with one attached hydrogen (secondary N) is 1. The quantitative estimate of drug-likeness (QED) is 0.705. The van der Waals surface area contributed by atoms with Crippen LogP contribution in [-0.4, -0.2) is 31.9 Å². The summed E-state index contributed by atoms with van der Waals surface area (Å²) in [5, 5.41) is 14.9. The van der Waals surface area contributed by atoms with Crippen molar-refractivity contribution in [2.75, 3.05) is 11.1 Å². The molecule has 6 nitrogen and oxygen atoms in total. The Kier molecular flexibility index (Phi) is 5.07. The SMILES string of the molecule is O=C(CSc1nnnn1-c1cccc(Cl)c1)Nc1ccccc1F. The zero-order valence-corrected chi connectivity index (χ0v) is 13.8. The molecule has 2 aromatic carbocycles. The van der Waals surface area contributed by atoms with Crippen molar-refractivity contribution in [3.05, 3.63) is 59.4 Å². The number of hydrogen-bond acceptors (Lipinski definition) is 5. The van der Waals surface area contributed by atoms with Crippen LogP contribution in [0, 0.1) is 5.82 Å². The number of nitrogens with zero attached hydrogens (tertiary/aromatic N) is 4. The number of halogens is 2. The fourth-order valence-corrected chi connectivity index (χ4v) is 2.79. The van der Waals surface area contributed by atoms with Crippen molar-refractivity contribution in [3.63, 3.8) is 0 Å². The fourth-order valence-electron chi connectivity index (χ4n) is 1.92. The lowest BCUT2D eigenvalue weighted by atomic mass is 10.3. The van der Waals surface area contributed by atoms with Gasteiger partial charge in [-0.15, -0.1) is 5.10 Å². The van der Waals surface area contributed by atoms with Crippen LogP contribution in [0.3, 0.4) is 0 Å². The molecule has 0 radical (unpaired) electrons. The molecule has 0 spiro atoms. The van der Waals surface area contributed by atoms with Crippen LogP contribution >= 0.6 is 23.4 Å². The molecule has 3 rings (SSSR count). The standard InChI is InChI=1S/C15H11ClFN5OS/c16-10-4-3-5-11(8-10)22-15(19-20-21-22)24-9-14(23)18-13-7-2-1-6-12(13)17/h1-8H,9H2,(H,18,23). The Labute approximate surface area is 146 Å². The Morgan fingerprint density at radius 2 is 2.08 bits per heavy atom. The molecule has 0 bridgehead atoms. The molecule has 122 valence electrons. The molecule has 0 fully saturated rings. The lowest BCUT2D eigenvalue weighted by Crippen LogP contribution is -2.15. The number of amides is 1. The summed E-state index contributed by atoms with van der Waals surface area (Å²) in [6.07, 6.45) is 0. The van der Waals surface area contributed by atoms with Crippen molar-refractivity contribution >= 4 is 35.0 Å². The normalized spacial score (nSPS) is 10.6. The number of carbonyl (C=O) groups is 1. The third kappa shape index (κ3) is 3.90. The van der Waals surface area contributed by atoms with E-state index in [1.54, 1.807) is 36.4 Å². The highest BCUT2D eigenvalue weighted by molar-refractivity contribution is 7.99. The summed E-state index contributed by atoms with van der Waals surface area (Å²) >= 11 is 7.10. The van der Waals surface area contributed by atoms with Gasteiger partial charge in [-0.1, -0.05) is 41.6 Å². The molecule has 24 heavy (non-hydrogen) atoms. The Morgan fingerprint density at radius 3 is 2.88 bits per heavy atom. The van der Waals surface area contributed by atoms with Crippen molar-refractivity contribution in [1.29, 1.82) is 0 Å².